The number of esters is 2. The molecule has 0 N–H and O–H groups in total. The number of benzene rings is 2. The molecule has 2 aromatic carbocycles. The second-order valence-corrected chi connectivity index (χ2v) is 6.36. The average Bonchev–Trinajstić information content (AvgIpc) is 3.28. The summed E-state index contributed by atoms with van der Waals surface area (Å²) in [5, 5.41) is 1.31. The van der Waals surface area contributed by atoms with Gasteiger partial charge in [0.05, 0.1) is 6.61 Å². The van der Waals surface area contributed by atoms with Crippen LogP contribution in [-0.4, -0.2) is 32.3 Å². The number of rotatable bonds is 6. The fourth-order valence-corrected chi connectivity index (χ4v) is 3.05. The van der Waals surface area contributed by atoms with Gasteiger partial charge in [-0.05, 0) is 37.3 Å². The van der Waals surface area contributed by atoms with Crippen LogP contribution in [0.3, 0.4) is 0 Å². The summed E-state index contributed by atoms with van der Waals surface area (Å²) in [6, 6.07) is 13.7. The van der Waals surface area contributed by atoms with E-state index >= 15 is 0 Å². The molecule has 0 aliphatic rings. The molecule has 2 heterocycles. The van der Waals surface area contributed by atoms with E-state index in [-0.39, 0.29) is 23.7 Å². The first-order valence-electron chi connectivity index (χ1n) is 8.97. The smallest absolute Gasteiger partial charge is 0.379 e. The molecule has 0 bridgehead atoms. The molecule has 0 atom stereocenters. The van der Waals surface area contributed by atoms with Crippen molar-refractivity contribution in [2.45, 2.75) is 6.92 Å². The van der Waals surface area contributed by atoms with Gasteiger partial charge >= 0.3 is 11.9 Å². The summed E-state index contributed by atoms with van der Waals surface area (Å²) in [6.45, 7) is 2.09. The van der Waals surface area contributed by atoms with Crippen LogP contribution >= 0.6 is 0 Å². The number of hydrogen-bond donors (Lipinski definition) is 0. The summed E-state index contributed by atoms with van der Waals surface area (Å²) >= 11 is 0. The van der Waals surface area contributed by atoms with Crippen LogP contribution in [0.1, 0.15) is 26.7 Å². The number of aryl methyl sites for hydroxylation is 1. The van der Waals surface area contributed by atoms with Gasteiger partial charge in [0.25, 0.3) is 0 Å². The maximum absolute atomic E-state index is 12.5. The van der Waals surface area contributed by atoms with E-state index in [1.54, 1.807) is 37.3 Å². The van der Waals surface area contributed by atoms with Crippen molar-refractivity contribution in [1.82, 2.24) is 0 Å². The van der Waals surface area contributed by atoms with Crippen LogP contribution in [0.5, 0.6) is 5.75 Å². The maximum Gasteiger partial charge on any atom is 0.379 e. The molecule has 7 nitrogen and oxygen atoms in total. The van der Waals surface area contributed by atoms with E-state index < -0.39 is 11.9 Å². The van der Waals surface area contributed by atoms with Gasteiger partial charge < -0.3 is 23.0 Å². The molecule has 2 aromatic heterocycles. The normalized spacial score (nSPS) is 11.1. The second kappa shape index (κ2) is 7.81. The van der Waals surface area contributed by atoms with Gasteiger partial charge in [0.1, 0.15) is 34.8 Å². The Morgan fingerprint density at radius 2 is 1.76 bits per heavy atom. The molecule has 148 valence electrons. The lowest BCUT2D eigenvalue weighted by Gasteiger charge is -2.04. The average molecular weight is 394 g/mol. The predicted octanol–water partition coefficient (Wildman–Crippen LogP) is 4.51. The molecule has 0 aliphatic carbocycles. The molecule has 0 saturated carbocycles. The van der Waals surface area contributed by atoms with E-state index in [9.17, 15) is 9.59 Å². The SMILES string of the molecule is COCCOC(=O)c1c(C)oc2ccc(OC(=O)c3cc4ccccc4o3)cc12. The standard InChI is InChI=1S/C22H18O7/c1-13-20(22(24)26-10-9-25-2)16-12-15(7-8-18(16)27-13)28-21(23)19-11-14-5-3-4-6-17(14)29-19/h3-8,11-12H,9-10H2,1-2H3. The lowest BCUT2D eigenvalue weighted by molar-refractivity contribution is 0.0388. The van der Waals surface area contributed by atoms with Gasteiger partial charge in [0.2, 0.25) is 5.76 Å². The van der Waals surface area contributed by atoms with Gasteiger partial charge in [0, 0.05) is 17.9 Å². The number of carbonyl (C=O) groups is 2. The lowest BCUT2D eigenvalue weighted by atomic mass is 10.1. The molecular weight excluding hydrogens is 376 g/mol. The maximum atomic E-state index is 12.5. The van der Waals surface area contributed by atoms with E-state index in [2.05, 4.69) is 0 Å². The molecule has 7 heteroatoms. The van der Waals surface area contributed by atoms with Crippen LogP contribution in [-0.2, 0) is 9.47 Å². The summed E-state index contributed by atoms with van der Waals surface area (Å²) in [5.74, 6) is -0.393. The van der Waals surface area contributed by atoms with E-state index in [0.29, 0.717) is 28.9 Å². The first-order valence-corrected chi connectivity index (χ1v) is 8.97. The highest BCUT2D eigenvalue weighted by molar-refractivity contribution is 6.05. The molecule has 0 saturated heterocycles. The summed E-state index contributed by atoms with van der Waals surface area (Å²) in [5.41, 5.74) is 1.38. The third-order valence-electron chi connectivity index (χ3n) is 4.40. The van der Waals surface area contributed by atoms with Crippen molar-refractivity contribution in [3.05, 3.63) is 65.6 Å². The van der Waals surface area contributed by atoms with Gasteiger partial charge in [-0.3, -0.25) is 0 Å². The Kier molecular flexibility index (Phi) is 5.05. The Morgan fingerprint density at radius 1 is 0.931 bits per heavy atom. The van der Waals surface area contributed by atoms with Crippen LogP contribution in [0.2, 0.25) is 0 Å². The Morgan fingerprint density at radius 3 is 2.55 bits per heavy atom. The number of para-hydroxylation sites is 1. The molecular formula is C22H18O7. The number of furan rings is 2. The molecule has 0 amide bonds. The van der Waals surface area contributed by atoms with Gasteiger partial charge in [-0.2, -0.15) is 0 Å². The number of carbonyl (C=O) groups excluding carboxylic acids is 2. The third-order valence-corrected chi connectivity index (χ3v) is 4.40. The topological polar surface area (TPSA) is 88.1 Å². The Labute approximate surface area is 165 Å². The Bertz CT molecular complexity index is 1170. The number of methoxy groups -OCH3 is 1. The molecule has 4 rings (SSSR count). The summed E-state index contributed by atoms with van der Waals surface area (Å²) < 4.78 is 26.7. The molecule has 0 aliphatic heterocycles. The van der Waals surface area contributed by atoms with Crippen LogP contribution < -0.4 is 4.74 Å². The van der Waals surface area contributed by atoms with Gasteiger partial charge in [0.15, 0.2) is 0 Å². The Balaban J connectivity index is 1.60. The van der Waals surface area contributed by atoms with E-state index in [0.717, 1.165) is 5.39 Å². The van der Waals surface area contributed by atoms with E-state index in [1.165, 1.54) is 7.11 Å². The summed E-state index contributed by atoms with van der Waals surface area (Å²) in [7, 11) is 1.52. The van der Waals surface area contributed by atoms with Gasteiger partial charge in [-0.25, -0.2) is 9.59 Å². The predicted molar refractivity (Wildman–Crippen MR) is 104 cm³/mol. The summed E-state index contributed by atoms with van der Waals surface area (Å²) in [6.07, 6.45) is 0. The van der Waals surface area contributed by atoms with Crippen molar-refractivity contribution >= 4 is 33.9 Å². The number of hydrogen-bond acceptors (Lipinski definition) is 7. The van der Waals surface area contributed by atoms with Crippen molar-refractivity contribution in [2.75, 3.05) is 20.3 Å². The number of ether oxygens (including phenoxy) is 3. The molecule has 4 aromatic rings. The van der Waals surface area contributed by atoms with Crippen molar-refractivity contribution < 1.29 is 32.6 Å². The molecule has 29 heavy (non-hydrogen) atoms. The second-order valence-electron chi connectivity index (χ2n) is 6.36. The molecule has 0 spiro atoms. The van der Waals surface area contributed by atoms with Crippen LogP contribution in [0.25, 0.3) is 21.9 Å². The van der Waals surface area contributed by atoms with E-state index in [1.807, 2.05) is 18.2 Å². The van der Waals surface area contributed by atoms with Gasteiger partial charge in [-0.15, -0.1) is 0 Å². The number of fused-ring (bicyclic) bond motifs is 2. The van der Waals surface area contributed by atoms with Crippen molar-refractivity contribution in [3.63, 3.8) is 0 Å². The van der Waals surface area contributed by atoms with E-state index in [4.69, 9.17) is 23.0 Å². The molecule has 0 unspecified atom stereocenters. The first kappa shape index (κ1) is 18.8. The minimum atomic E-state index is -0.634. The minimum absolute atomic E-state index is 0.0915. The zero-order valence-electron chi connectivity index (χ0n) is 15.9. The van der Waals surface area contributed by atoms with Crippen LogP contribution in [0.15, 0.2) is 57.4 Å². The minimum Gasteiger partial charge on any atom is -0.460 e. The quantitative estimate of drug-likeness (QED) is 0.270. The lowest BCUT2D eigenvalue weighted by Crippen LogP contribution is -2.10. The van der Waals surface area contributed by atoms with Crippen molar-refractivity contribution in [2.24, 2.45) is 0 Å². The van der Waals surface area contributed by atoms with Crippen LogP contribution in [0.4, 0.5) is 0 Å². The zero-order valence-corrected chi connectivity index (χ0v) is 15.9. The van der Waals surface area contributed by atoms with Crippen LogP contribution in [0, 0.1) is 6.92 Å². The highest BCUT2D eigenvalue weighted by Gasteiger charge is 2.21. The first-order chi connectivity index (χ1) is 14.1. The Hall–Kier alpha value is -3.58. The highest BCUT2D eigenvalue weighted by Crippen LogP contribution is 2.30. The highest BCUT2D eigenvalue weighted by atomic mass is 16.6. The zero-order chi connectivity index (χ0) is 20.4. The monoisotopic (exact) mass is 394 g/mol. The van der Waals surface area contributed by atoms with Crippen molar-refractivity contribution in [3.8, 4) is 5.75 Å². The molecule has 0 radical (unpaired) electrons. The summed E-state index contributed by atoms with van der Waals surface area (Å²) in [4.78, 5) is 24.9. The largest absolute Gasteiger partial charge is 0.460 e. The fourth-order valence-electron chi connectivity index (χ4n) is 3.05. The third kappa shape index (κ3) is 3.72. The fraction of sp³-hybridized carbons (Fsp3) is 0.182. The van der Waals surface area contributed by atoms with Crippen molar-refractivity contribution in [1.29, 1.82) is 0 Å². The molecule has 0 fully saturated rings. The van der Waals surface area contributed by atoms with Gasteiger partial charge in [-0.1, -0.05) is 18.2 Å².